The number of nitrogens with one attached hydrogen (secondary N) is 2. The summed E-state index contributed by atoms with van der Waals surface area (Å²) in [5.41, 5.74) is 10.3. The average Bonchev–Trinajstić information content (AvgIpc) is 3.10. The number of carbonyl (C=O) groups excluding carboxylic acids is 1. The van der Waals surface area contributed by atoms with Crippen molar-refractivity contribution in [3.63, 3.8) is 0 Å². The predicted molar refractivity (Wildman–Crippen MR) is 188 cm³/mol. The zero-order chi connectivity index (χ0) is 32.9. The first kappa shape index (κ1) is 29.0. The summed E-state index contributed by atoms with van der Waals surface area (Å²) in [5, 5.41) is 28.1. The zero-order valence-corrected chi connectivity index (χ0v) is 26.4. The molecular formula is C39H29N7O2. The van der Waals surface area contributed by atoms with Crippen LogP contribution in [0, 0.1) is 20.8 Å². The average molecular weight is 628 g/mol. The largest absolute Gasteiger partial charge is 0.479 e. The van der Waals surface area contributed by atoms with E-state index < -0.39 is 0 Å². The van der Waals surface area contributed by atoms with Crippen LogP contribution in [-0.4, -0.2) is 36.0 Å². The Bertz CT molecular complexity index is 2430. The minimum atomic E-state index is -0.379. The van der Waals surface area contributed by atoms with Crippen molar-refractivity contribution < 1.29 is 9.90 Å². The molecule has 0 radical (unpaired) electrons. The van der Waals surface area contributed by atoms with Crippen LogP contribution < -0.4 is 10.6 Å². The van der Waals surface area contributed by atoms with Crippen molar-refractivity contribution in [1.82, 2.24) is 25.1 Å². The normalized spacial score (nSPS) is 11.8. The lowest BCUT2D eigenvalue weighted by molar-refractivity contribution is 0.104. The molecule has 0 aliphatic heterocycles. The molecule has 0 unspecified atom stereocenters. The molecular weight excluding hydrogens is 598 g/mol. The lowest BCUT2D eigenvalue weighted by Crippen LogP contribution is -2.14. The third-order valence-electron chi connectivity index (χ3n) is 8.67. The highest BCUT2D eigenvalue weighted by molar-refractivity contribution is 6.29. The molecule has 2 aromatic heterocycles. The van der Waals surface area contributed by atoms with Gasteiger partial charge in [-0.05, 0) is 73.9 Å². The van der Waals surface area contributed by atoms with Crippen molar-refractivity contribution >= 4 is 39.6 Å². The van der Waals surface area contributed by atoms with Gasteiger partial charge in [0.1, 0.15) is 11.4 Å². The molecule has 0 saturated carbocycles. The fourth-order valence-electron chi connectivity index (χ4n) is 6.24. The highest BCUT2D eigenvalue weighted by atomic mass is 16.3. The van der Waals surface area contributed by atoms with E-state index in [1.807, 2.05) is 124 Å². The molecule has 0 saturated heterocycles. The van der Waals surface area contributed by atoms with E-state index in [0.717, 1.165) is 55.7 Å². The number of benzene rings is 5. The second-order valence-corrected chi connectivity index (χ2v) is 11.9. The number of hydrogen-bond acceptors (Lipinski definition) is 9. The number of fused-ring (bicyclic) bond motifs is 2. The van der Waals surface area contributed by atoms with Gasteiger partial charge in [-0.25, -0.2) is 0 Å². The summed E-state index contributed by atoms with van der Waals surface area (Å²) in [6.45, 7) is 5.97. The summed E-state index contributed by atoms with van der Waals surface area (Å²) in [4.78, 5) is 27.1. The Hall–Kier alpha value is -6.48. The van der Waals surface area contributed by atoms with Crippen molar-refractivity contribution in [2.45, 2.75) is 20.8 Å². The molecule has 1 aliphatic carbocycles. The van der Waals surface area contributed by atoms with Gasteiger partial charge in [0.2, 0.25) is 5.95 Å². The quantitative estimate of drug-likeness (QED) is 0.166. The first-order valence-electron chi connectivity index (χ1n) is 15.5. The van der Waals surface area contributed by atoms with E-state index in [-0.39, 0.29) is 17.7 Å². The summed E-state index contributed by atoms with van der Waals surface area (Å²) in [6.07, 6.45) is 0. The maximum absolute atomic E-state index is 14.2. The molecule has 9 heteroatoms. The van der Waals surface area contributed by atoms with Crippen LogP contribution in [0.1, 0.15) is 32.6 Å². The van der Waals surface area contributed by atoms with Gasteiger partial charge >= 0.3 is 6.01 Å². The molecule has 2 heterocycles. The smallest absolute Gasteiger partial charge is 0.319 e. The Morgan fingerprint density at radius 1 is 0.604 bits per heavy atom. The maximum atomic E-state index is 14.2. The van der Waals surface area contributed by atoms with E-state index in [4.69, 9.17) is 0 Å². The summed E-state index contributed by atoms with van der Waals surface area (Å²) in [7, 11) is 0. The van der Waals surface area contributed by atoms with Crippen molar-refractivity contribution in [1.29, 1.82) is 0 Å². The Morgan fingerprint density at radius 2 is 1.35 bits per heavy atom. The van der Waals surface area contributed by atoms with Crippen LogP contribution in [0.3, 0.4) is 0 Å². The Balaban J connectivity index is 1.19. The second kappa shape index (κ2) is 11.4. The maximum Gasteiger partial charge on any atom is 0.319 e. The number of aryl methyl sites for hydroxylation is 3. The lowest BCUT2D eigenvalue weighted by atomic mass is 9.84. The number of rotatable bonds is 6. The summed E-state index contributed by atoms with van der Waals surface area (Å²) in [6, 6.07) is 32.8. The highest BCUT2D eigenvalue weighted by Crippen LogP contribution is 2.44. The molecule has 48 heavy (non-hydrogen) atoms. The Morgan fingerprint density at radius 3 is 2.17 bits per heavy atom. The van der Waals surface area contributed by atoms with E-state index in [2.05, 4.69) is 35.8 Å². The molecule has 0 fully saturated rings. The van der Waals surface area contributed by atoms with Crippen LogP contribution >= 0.6 is 0 Å². The van der Waals surface area contributed by atoms with E-state index in [0.29, 0.717) is 33.9 Å². The summed E-state index contributed by atoms with van der Waals surface area (Å²) in [5.74, 6) is 0.500. The van der Waals surface area contributed by atoms with Crippen LogP contribution in [0.4, 0.5) is 23.0 Å². The number of aromatic nitrogens is 5. The highest BCUT2D eigenvalue weighted by Gasteiger charge is 2.30. The first-order valence-corrected chi connectivity index (χ1v) is 15.5. The van der Waals surface area contributed by atoms with Gasteiger partial charge in [-0.3, -0.25) is 4.79 Å². The topological polar surface area (TPSA) is 126 Å². The Kier molecular flexibility index (Phi) is 6.87. The first-order chi connectivity index (χ1) is 23.3. The summed E-state index contributed by atoms with van der Waals surface area (Å²) < 4.78 is 0. The van der Waals surface area contributed by atoms with Crippen molar-refractivity contribution in [3.05, 3.63) is 131 Å². The zero-order valence-electron chi connectivity index (χ0n) is 26.4. The standard InChI is InChI=1S/C39H29N7O2/c1-21-13-14-22(2)31(19-21)41-38-42-37(43-39(48)44-38)25-15-17-29(23(3)20-25)40-30-18-16-28-32-33(30)36(47)27-12-8-7-11-26(27)35(32)46-45-34(28)24-9-5-4-6-10-24/h4-20,40H,1-3H3,(H2,41,42,43,44,48). The number of anilines is 4. The van der Waals surface area contributed by atoms with Crippen LogP contribution in [-0.2, 0) is 0 Å². The third kappa shape index (κ3) is 4.98. The minimum Gasteiger partial charge on any atom is -0.479 e. The van der Waals surface area contributed by atoms with Crippen LogP contribution in [0.25, 0.3) is 44.7 Å². The van der Waals surface area contributed by atoms with Crippen molar-refractivity contribution in [3.8, 4) is 39.9 Å². The molecule has 0 bridgehead atoms. The molecule has 7 aromatic rings. The molecule has 232 valence electrons. The minimum absolute atomic E-state index is 0.0722. The number of hydrogen-bond donors (Lipinski definition) is 3. The molecule has 0 spiro atoms. The lowest BCUT2D eigenvalue weighted by Gasteiger charge is -2.23. The number of carbonyl (C=O) groups is 1. The van der Waals surface area contributed by atoms with Crippen LogP contribution in [0.5, 0.6) is 6.01 Å². The van der Waals surface area contributed by atoms with E-state index >= 15 is 0 Å². The van der Waals surface area contributed by atoms with Gasteiger partial charge in [0.25, 0.3) is 0 Å². The van der Waals surface area contributed by atoms with Crippen molar-refractivity contribution in [2.75, 3.05) is 10.6 Å². The molecule has 9 nitrogen and oxygen atoms in total. The SMILES string of the molecule is Cc1ccc(C)c(Nc2nc(O)nc(-c3ccc(Nc4ccc5c(-c6ccccc6)nnc6c5c4C(=O)c4ccccc4-6)c(C)c3)n2)c1. The predicted octanol–water partition coefficient (Wildman–Crippen LogP) is 8.48. The number of ketones is 1. The van der Waals surface area contributed by atoms with E-state index in [9.17, 15) is 9.90 Å². The molecule has 0 atom stereocenters. The third-order valence-corrected chi connectivity index (χ3v) is 8.67. The number of aromatic hydroxyl groups is 1. The monoisotopic (exact) mass is 627 g/mol. The molecule has 1 aliphatic rings. The van der Waals surface area contributed by atoms with Crippen LogP contribution in [0.2, 0.25) is 0 Å². The molecule has 8 rings (SSSR count). The fourth-order valence-corrected chi connectivity index (χ4v) is 6.24. The molecule has 3 N–H and O–H groups in total. The van der Waals surface area contributed by atoms with E-state index in [1.165, 1.54) is 0 Å². The fraction of sp³-hybridized carbons (Fsp3) is 0.0769. The Labute approximate surface area is 276 Å². The molecule has 5 aromatic carbocycles. The van der Waals surface area contributed by atoms with Gasteiger partial charge in [0, 0.05) is 44.4 Å². The second-order valence-electron chi connectivity index (χ2n) is 11.9. The summed E-state index contributed by atoms with van der Waals surface area (Å²) >= 11 is 0. The van der Waals surface area contributed by atoms with Gasteiger partial charge < -0.3 is 15.7 Å². The van der Waals surface area contributed by atoms with Crippen LogP contribution in [0.15, 0.2) is 103 Å². The van der Waals surface area contributed by atoms with Gasteiger partial charge in [-0.1, -0.05) is 66.7 Å². The van der Waals surface area contributed by atoms with Gasteiger partial charge in [-0.15, -0.1) is 10.2 Å². The number of nitrogens with zero attached hydrogens (tertiary/aromatic N) is 5. The molecule has 0 amide bonds. The van der Waals surface area contributed by atoms with Gasteiger partial charge in [-0.2, -0.15) is 15.0 Å². The van der Waals surface area contributed by atoms with Crippen molar-refractivity contribution in [2.24, 2.45) is 0 Å². The van der Waals surface area contributed by atoms with Gasteiger partial charge in [0.15, 0.2) is 11.6 Å². The van der Waals surface area contributed by atoms with E-state index in [1.54, 1.807) is 0 Å². The van der Waals surface area contributed by atoms with Gasteiger partial charge in [0.05, 0.1) is 11.3 Å².